The van der Waals surface area contributed by atoms with Crippen molar-refractivity contribution in [2.24, 2.45) is 5.73 Å². The van der Waals surface area contributed by atoms with Gasteiger partial charge in [0.1, 0.15) is 6.04 Å². The van der Waals surface area contributed by atoms with Gasteiger partial charge in [0.2, 0.25) is 11.8 Å². The maximum atomic E-state index is 11.7. The molecule has 0 aromatic carbocycles. The molecule has 0 aromatic heterocycles. The Kier molecular flexibility index (Phi) is 4.08. The highest BCUT2D eigenvalue weighted by Gasteiger charge is 2.36. The Balaban J connectivity index is 2.37. The third kappa shape index (κ3) is 2.92. The first kappa shape index (κ1) is 12.0. The highest BCUT2D eigenvalue weighted by molar-refractivity contribution is 5.88. The topological polar surface area (TPSA) is 75.4 Å². The Labute approximate surface area is 90.0 Å². The molecule has 2 unspecified atom stereocenters. The van der Waals surface area contributed by atoms with Crippen molar-refractivity contribution in [2.75, 3.05) is 13.1 Å². The van der Waals surface area contributed by atoms with Gasteiger partial charge >= 0.3 is 0 Å². The SMILES string of the molecule is CCNC(C)CC(=O)N1CCC1C(N)=O. The van der Waals surface area contributed by atoms with Crippen LogP contribution in [-0.2, 0) is 9.59 Å². The van der Waals surface area contributed by atoms with Crippen LogP contribution >= 0.6 is 0 Å². The predicted molar refractivity (Wildman–Crippen MR) is 57.1 cm³/mol. The van der Waals surface area contributed by atoms with E-state index in [-0.39, 0.29) is 18.0 Å². The number of likely N-dealkylation sites (tertiary alicyclic amines) is 1. The Morgan fingerprint density at radius 1 is 1.60 bits per heavy atom. The van der Waals surface area contributed by atoms with Crippen molar-refractivity contribution in [3.63, 3.8) is 0 Å². The first-order chi connectivity index (χ1) is 7.06. The lowest BCUT2D eigenvalue weighted by atomic mass is 10.0. The second kappa shape index (κ2) is 5.11. The highest BCUT2D eigenvalue weighted by Crippen LogP contribution is 2.18. The number of nitrogens with one attached hydrogen (secondary N) is 1. The van der Waals surface area contributed by atoms with Crippen LogP contribution in [0.15, 0.2) is 0 Å². The summed E-state index contributed by atoms with van der Waals surface area (Å²) in [7, 11) is 0. The van der Waals surface area contributed by atoms with E-state index in [9.17, 15) is 9.59 Å². The minimum Gasteiger partial charge on any atom is -0.368 e. The Bertz CT molecular complexity index is 255. The van der Waals surface area contributed by atoms with Gasteiger partial charge in [0.05, 0.1) is 0 Å². The van der Waals surface area contributed by atoms with E-state index in [1.165, 1.54) is 0 Å². The van der Waals surface area contributed by atoms with Gasteiger partial charge in [0, 0.05) is 19.0 Å². The summed E-state index contributed by atoms with van der Waals surface area (Å²) in [6.07, 6.45) is 1.13. The lowest BCUT2D eigenvalue weighted by molar-refractivity contribution is -0.146. The van der Waals surface area contributed by atoms with Gasteiger partial charge in [-0.05, 0) is 19.9 Å². The van der Waals surface area contributed by atoms with Crippen LogP contribution in [0.5, 0.6) is 0 Å². The molecule has 0 bridgehead atoms. The van der Waals surface area contributed by atoms with Gasteiger partial charge in [-0.25, -0.2) is 0 Å². The zero-order valence-electron chi connectivity index (χ0n) is 9.32. The zero-order chi connectivity index (χ0) is 11.4. The lowest BCUT2D eigenvalue weighted by Crippen LogP contribution is -2.57. The van der Waals surface area contributed by atoms with Crippen molar-refractivity contribution in [3.05, 3.63) is 0 Å². The molecule has 1 aliphatic heterocycles. The van der Waals surface area contributed by atoms with Crippen molar-refractivity contribution in [1.29, 1.82) is 0 Å². The molecule has 1 heterocycles. The fourth-order valence-electron chi connectivity index (χ4n) is 1.78. The maximum absolute atomic E-state index is 11.7. The van der Waals surface area contributed by atoms with Crippen LogP contribution in [0.25, 0.3) is 0 Å². The Morgan fingerprint density at radius 3 is 2.67 bits per heavy atom. The van der Waals surface area contributed by atoms with E-state index >= 15 is 0 Å². The van der Waals surface area contributed by atoms with E-state index in [4.69, 9.17) is 5.73 Å². The third-order valence-corrected chi connectivity index (χ3v) is 2.70. The summed E-state index contributed by atoms with van der Waals surface area (Å²) >= 11 is 0. The number of carbonyl (C=O) groups is 2. The molecule has 0 aromatic rings. The van der Waals surface area contributed by atoms with Crippen molar-refractivity contribution >= 4 is 11.8 Å². The molecular formula is C10H19N3O2. The van der Waals surface area contributed by atoms with Crippen molar-refractivity contribution in [3.8, 4) is 0 Å². The van der Waals surface area contributed by atoms with Crippen LogP contribution in [-0.4, -0.2) is 41.9 Å². The van der Waals surface area contributed by atoms with Crippen LogP contribution < -0.4 is 11.1 Å². The maximum Gasteiger partial charge on any atom is 0.240 e. The monoisotopic (exact) mass is 213 g/mol. The molecule has 1 fully saturated rings. The molecule has 2 amide bonds. The molecule has 1 aliphatic rings. The molecule has 1 saturated heterocycles. The van der Waals surface area contributed by atoms with E-state index in [0.29, 0.717) is 19.4 Å². The van der Waals surface area contributed by atoms with E-state index in [2.05, 4.69) is 5.32 Å². The first-order valence-corrected chi connectivity index (χ1v) is 5.38. The molecule has 1 rings (SSSR count). The van der Waals surface area contributed by atoms with Crippen LogP contribution in [0.4, 0.5) is 0 Å². The summed E-state index contributed by atoms with van der Waals surface area (Å²) in [6.45, 7) is 5.45. The van der Waals surface area contributed by atoms with Gasteiger partial charge in [-0.15, -0.1) is 0 Å². The summed E-state index contributed by atoms with van der Waals surface area (Å²) in [5.41, 5.74) is 5.17. The third-order valence-electron chi connectivity index (χ3n) is 2.70. The number of nitrogens with zero attached hydrogens (tertiary/aromatic N) is 1. The largest absolute Gasteiger partial charge is 0.368 e. The van der Waals surface area contributed by atoms with E-state index in [1.807, 2.05) is 13.8 Å². The number of carbonyl (C=O) groups excluding carboxylic acids is 2. The fourth-order valence-corrected chi connectivity index (χ4v) is 1.78. The van der Waals surface area contributed by atoms with Gasteiger partial charge in [0.15, 0.2) is 0 Å². The van der Waals surface area contributed by atoms with E-state index in [1.54, 1.807) is 4.90 Å². The molecule has 86 valence electrons. The van der Waals surface area contributed by atoms with Gasteiger partial charge in [0.25, 0.3) is 0 Å². The number of nitrogens with two attached hydrogens (primary N) is 1. The zero-order valence-corrected chi connectivity index (χ0v) is 9.32. The Hall–Kier alpha value is -1.10. The molecule has 5 heteroatoms. The van der Waals surface area contributed by atoms with Crippen molar-refractivity contribution in [1.82, 2.24) is 10.2 Å². The fraction of sp³-hybridized carbons (Fsp3) is 0.800. The van der Waals surface area contributed by atoms with Crippen LogP contribution in [0.1, 0.15) is 26.7 Å². The molecule has 15 heavy (non-hydrogen) atoms. The van der Waals surface area contributed by atoms with E-state index < -0.39 is 5.91 Å². The lowest BCUT2D eigenvalue weighted by Gasteiger charge is -2.39. The predicted octanol–water partition coefficient (Wildman–Crippen LogP) is -0.539. The van der Waals surface area contributed by atoms with Crippen molar-refractivity contribution in [2.45, 2.75) is 38.8 Å². The second-order valence-corrected chi connectivity index (χ2v) is 3.96. The summed E-state index contributed by atoms with van der Waals surface area (Å²) < 4.78 is 0. The van der Waals surface area contributed by atoms with Gasteiger partial charge in [-0.3, -0.25) is 9.59 Å². The standard InChI is InChI=1S/C10H19N3O2/c1-3-12-7(2)6-9(14)13-5-4-8(13)10(11)15/h7-8,12H,3-6H2,1-2H3,(H2,11,15). The molecule has 0 spiro atoms. The molecule has 0 aliphatic carbocycles. The first-order valence-electron chi connectivity index (χ1n) is 5.38. The highest BCUT2D eigenvalue weighted by atomic mass is 16.2. The normalized spacial score (nSPS) is 22.0. The molecule has 3 N–H and O–H groups in total. The summed E-state index contributed by atoms with van der Waals surface area (Å²) in [5, 5.41) is 3.16. The number of hydrogen-bond acceptors (Lipinski definition) is 3. The minimum atomic E-state index is -0.397. The summed E-state index contributed by atoms with van der Waals surface area (Å²) in [5.74, 6) is -0.385. The van der Waals surface area contributed by atoms with Crippen molar-refractivity contribution < 1.29 is 9.59 Å². The van der Waals surface area contributed by atoms with Crippen LogP contribution in [0.3, 0.4) is 0 Å². The van der Waals surface area contributed by atoms with Gasteiger partial charge < -0.3 is 16.0 Å². The number of amides is 2. The minimum absolute atomic E-state index is 0.0125. The molecule has 5 nitrogen and oxygen atoms in total. The average Bonchev–Trinajstić information content (AvgIpc) is 1.99. The van der Waals surface area contributed by atoms with Gasteiger partial charge in [-0.2, -0.15) is 0 Å². The molecule has 0 saturated carbocycles. The molecule has 2 atom stereocenters. The number of hydrogen-bond donors (Lipinski definition) is 2. The van der Waals surface area contributed by atoms with Gasteiger partial charge in [-0.1, -0.05) is 6.92 Å². The smallest absolute Gasteiger partial charge is 0.240 e. The molecular weight excluding hydrogens is 194 g/mol. The average molecular weight is 213 g/mol. The summed E-state index contributed by atoms with van der Waals surface area (Å²) in [6, 6.07) is -0.219. The van der Waals surface area contributed by atoms with E-state index in [0.717, 1.165) is 6.54 Å². The summed E-state index contributed by atoms with van der Waals surface area (Å²) in [4.78, 5) is 24.2. The van der Waals surface area contributed by atoms with Crippen LogP contribution in [0.2, 0.25) is 0 Å². The molecule has 0 radical (unpaired) electrons. The van der Waals surface area contributed by atoms with Crippen LogP contribution in [0, 0.1) is 0 Å². The number of rotatable bonds is 5. The quantitative estimate of drug-likeness (QED) is 0.644. The second-order valence-electron chi connectivity index (χ2n) is 3.96. The Morgan fingerprint density at radius 2 is 2.27 bits per heavy atom. The number of primary amides is 1.